The molecular weight excluding hydrogens is 446 g/mol. The summed E-state index contributed by atoms with van der Waals surface area (Å²) in [5, 5.41) is 8.92. The Morgan fingerprint density at radius 2 is 2.18 bits per heavy atom. The Bertz CT molecular complexity index is 1470. The number of aryl methyl sites for hydroxylation is 1. The van der Waals surface area contributed by atoms with Gasteiger partial charge in [-0.25, -0.2) is 13.9 Å². The van der Waals surface area contributed by atoms with Gasteiger partial charge in [-0.1, -0.05) is 6.07 Å². The van der Waals surface area contributed by atoms with E-state index in [1.54, 1.807) is 23.6 Å². The molecule has 10 nitrogen and oxygen atoms in total. The number of methoxy groups -OCH3 is 1. The molecule has 1 saturated heterocycles. The third kappa shape index (κ3) is 3.83. The largest absolute Gasteiger partial charge is 0.495 e. The number of amides is 1. The molecular formula is C22H23N5O5S. The molecule has 1 aliphatic heterocycles. The summed E-state index contributed by atoms with van der Waals surface area (Å²) < 4.78 is 15.4. The van der Waals surface area contributed by atoms with Crippen LogP contribution in [0.15, 0.2) is 39.2 Å². The zero-order valence-electron chi connectivity index (χ0n) is 18.2. The van der Waals surface area contributed by atoms with E-state index in [-0.39, 0.29) is 24.0 Å². The third-order valence-corrected chi connectivity index (χ3v) is 6.61. The Kier molecular flexibility index (Phi) is 5.51. The van der Waals surface area contributed by atoms with E-state index in [0.29, 0.717) is 34.8 Å². The van der Waals surface area contributed by atoms with Crippen molar-refractivity contribution in [1.29, 1.82) is 0 Å². The number of carbonyl (C=O) groups excluding carboxylic acids is 1. The number of carbonyl (C=O) groups is 1. The van der Waals surface area contributed by atoms with Gasteiger partial charge in [0.1, 0.15) is 17.0 Å². The van der Waals surface area contributed by atoms with Gasteiger partial charge in [-0.15, -0.1) is 16.4 Å². The topological polar surface area (TPSA) is 109 Å². The van der Waals surface area contributed by atoms with Crippen molar-refractivity contribution < 1.29 is 14.3 Å². The summed E-state index contributed by atoms with van der Waals surface area (Å²) >= 11 is 1.28. The number of fused-ring (bicyclic) bond motifs is 3. The molecule has 0 aliphatic carbocycles. The molecule has 4 heterocycles. The van der Waals surface area contributed by atoms with Crippen LogP contribution >= 0.6 is 11.3 Å². The van der Waals surface area contributed by atoms with Crippen molar-refractivity contribution in [2.75, 3.05) is 19.0 Å². The summed E-state index contributed by atoms with van der Waals surface area (Å²) in [6.45, 7) is 2.55. The Hall–Kier alpha value is -3.44. The quantitative estimate of drug-likeness (QED) is 0.463. The zero-order valence-corrected chi connectivity index (χ0v) is 19.1. The SMILES string of the molecule is COc1ccc(C)cc1NC(=O)Cn1nc2n(C[C@@H]3CCCO3)c(=O)c3sccc3n2c1=O. The molecule has 0 saturated carbocycles. The van der Waals surface area contributed by atoms with Crippen LogP contribution in [-0.4, -0.2) is 44.5 Å². The molecule has 33 heavy (non-hydrogen) atoms. The fourth-order valence-electron chi connectivity index (χ4n) is 4.14. The predicted octanol–water partition coefficient (Wildman–Crippen LogP) is 2.01. The van der Waals surface area contributed by atoms with Crippen molar-refractivity contribution >= 4 is 38.9 Å². The van der Waals surface area contributed by atoms with E-state index in [1.165, 1.54) is 27.4 Å². The van der Waals surface area contributed by atoms with Crippen molar-refractivity contribution in [3.63, 3.8) is 0 Å². The second-order valence-electron chi connectivity index (χ2n) is 8.01. The molecule has 3 aromatic heterocycles. The molecule has 1 aliphatic rings. The molecule has 5 rings (SSSR count). The number of anilines is 1. The highest BCUT2D eigenvalue weighted by Gasteiger charge is 2.23. The standard InChI is InChI=1S/C22H23N5O5S/c1-13-5-6-17(31-2)15(10-13)23-18(28)12-26-22(30)27-16-7-9-33-19(16)20(29)25(21(27)24-26)11-14-4-3-8-32-14/h5-7,9-10,14H,3-4,8,11-12H2,1-2H3,(H,23,28)/t14-/m0/s1. The lowest BCUT2D eigenvalue weighted by Crippen LogP contribution is -2.30. The molecule has 1 atom stereocenters. The summed E-state index contributed by atoms with van der Waals surface area (Å²) in [4.78, 5) is 39.1. The first kappa shape index (κ1) is 21.4. The molecule has 172 valence electrons. The Labute approximate surface area is 192 Å². The van der Waals surface area contributed by atoms with Crippen LogP contribution in [0, 0.1) is 6.92 Å². The van der Waals surface area contributed by atoms with Crippen molar-refractivity contribution in [3.8, 4) is 5.75 Å². The van der Waals surface area contributed by atoms with Crippen LogP contribution in [-0.2, 0) is 22.6 Å². The minimum absolute atomic E-state index is 0.110. The number of nitrogens with zero attached hydrogens (tertiary/aromatic N) is 4. The lowest BCUT2D eigenvalue weighted by molar-refractivity contribution is -0.117. The molecule has 1 aromatic carbocycles. The highest BCUT2D eigenvalue weighted by molar-refractivity contribution is 7.17. The van der Waals surface area contributed by atoms with Crippen LogP contribution in [0.3, 0.4) is 0 Å². The Morgan fingerprint density at radius 3 is 2.94 bits per heavy atom. The van der Waals surface area contributed by atoms with Gasteiger partial charge in [0.05, 0.1) is 31.0 Å². The predicted molar refractivity (Wildman–Crippen MR) is 124 cm³/mol. The van der Waals surface area contributed by atoms with Gasteiger partial charge in [0.15, 0.2) is 0 Å². The fourth-order valence-corrected chi connectivity index (χ4v) is 4.96. The molecule has 0 unspecified atom stereocenters. The van der Waals surface area contributed by atoms with E-state index in [0.717, 1.165) is 23.1 Å². The van der Waals surface area contributed by atoms with Gasteiger partial charge in [0.25, 0.3) is 5.56 Å². The first-order chi connectivity index (χ1) is 16.0. The molecule has 0 radical (unpaired) electrons. The second kappa shape index (κ2) is 8.49. The summed E-state index contributed by atoms with van der Waals surface area (Å²) in [7, 11) is 1.52. The lowest BCUT2D eigenvalue weighted by Gasteiger charge is -2.12. The van der Waals surface area contributed by atoms with Crippen LogP contribution in [0.4, 0.5) is 5.69 Å². The number of hydrogen-bond acceptors (Lipinski definition) is 7. The average molecular weight is 470 g/mol. The van der Waals surface area contributed by atoms with Gasteiger partial charge in [0.2, 0.25) is 11.7 Å². The van der Waals surface area contributed by atoms with E-state index < -0.39 is 11.6 Å². The highest BCUT2D eigenvalue weighted by atomic mass is 32.1. The maximum Gasteiger partial charge on any atom is 0.352 e. The molecule has 1 amide bonds. The fraction of sp³-hybridized carbons (Fsp3) is 0.364. The maximum absolute atomic E-state index is 13.2. The summed E-state index contributed by atoms with van der Waals surface area (Å²) in [5.74, 6) is 0.285. The van der Waals surface area contributed by atoms with Crippen molar-refractivity contribution in [2.45, 2.75) is 39.0 Å². The number of rotatable bonds is 6. The third-order valence-electron chi connectivity index (χ3n) is 5.72. The number of ether oxygens (including phenoxy) is 2. The smallest absolute Gasteiger partial charge is 0.352 e. The van der Waals surface area contributed by atoms with E-state index >= 15 is 0 Å². The Balaban J connectivity index is 1.54. The van der Waals surface area contributed by atoms with Gasteiger partial charge in [-0.2, -0.15) is 0 Å². The molecule has 1 N–H and O–H groups in total. The summed E-state index contributed by atoms with van der Waals surface area (Å²) in [5.41, 5.74) is 1.25. The lowest BCUT2D eigenvalue weighted by atomic mass is 10.2. The normalized spacial score (nSPS) is 16.0. The van der Waals surface area contributed by atoms with Crippen LogP contribution < -0.4 is 21.3 Å². The van der Waals surface area contributed by atoms with Gasteiger partial charge < -0.3 is 14.8 Å². The minimum atomic E-state index is -0.485. The van der Waals surface area contributed by atoms with Crippen LogP contribution in [0.5, 0.6) is 5.75 Å². The summed E-state index contributed by atoms with van der Waals surface area (Å²) in [6, 6.07) is 7.15. The highest BCUT2D eigenvalue weighted by Crippen LogP contribution is 2.25. The molecule has 1 fully saturated rings. The average Bonchev–Trinajstić information content (AvgIpc) is 3.53. The van der Waals surface area contributed by atoms with Gasteiger partial charge in [0, 0.05) is 6.61 Å². The van der Waals surface area contributed by atoms with Crippen LogP contribution in [0.1, 0.15) is 18.4 Å². The number of hydrogen-bond donors (Lipinski definition) is 1. The van der Waals surface area contributed by atoms with Crippen LogP contribution in [0.2, 0.25) is 0 Å². The van der Waals surface area contributed by atoms with Gasteiger partial charge in [-0.3, -0.25) is 14.2 Å². The molecule has 11 heteroatoms. The van der Waals surface area contributed by atoms with E-state index in [2.05, 4.69) is 10.4 Å². The number of aromatic nitrogens is 4. The molecule has 4 aromatic rings. The second-order valence-corrected chi connectivity index (χ2v) is 8.93. The Morgan fingerprint density at radius 1 is 1.33 bits per heavy atom. The van der Waals surface area contributed by atoms with Crippen molar-refractivity contribution in [1.82, 2.24) is 18.7 Å². The van der Waals surface area contributed by atoms with Gasteiger partial charge in [-0.05, 0) is 48.9 Å². The van der Waals surface area contributed by atoms with Crippen LogP contribution in [0.25, 0.3) is 16.0 Å². The van der Waals surface area contributed by atoms with Crippen molar-refractivity contribution in [3.05, 3.63) is 56.0 Å². The minimum Gasteiger partial charge on any atom is -0.495 e. The van der Waals surface area contributed by atoms with E-state index in [9.17, 15) is 14.4 Å². The number of thiophene rings is 1. The van der Waals surface area contributed by atoms with E-state index in [1.807, 2.05) is 13.0 Å². The number of benzene rings is 1. The van der Waals surface area contributed by atoms with E-state index in [4.69, 9.17) is 9.47 Å². The maximum atomic E-state index is 13.2. The molecule has 0 spiro atoms. The first-order valence-corrected chi connectivity index (χ1v) is 11.5. The monoisotopic (exact) mass is 469 g/mol. The molecule has 0 bridgehead atoms. The van der Waals surface area contributed by atoms with Crippen molar-refractivity contribution in [2.24, 2.45) is 0 Å². The van der Waals surface area contributed by atoms with Gasteiger partial charge >= 0.3 is 5.69 Å². The summed E-state index contributed by atoms with van der Waals surface area (Å²) in [6.07, 6.45) is 1.66. The first-order valence-electron chi connectivity index (χ1n) is 10.6. The zero-order chi connectivity index (χ0) is 23.1. The number of nitrogens with one attached hydrogen (secondary N) is 1.